The van der Waals surface area contributed by atoms with Crippen LogP contribution in [0.15, 0.2) is 332 Å². The summed E-state index contributed by atoms with van der Waals surface area (Å²) in [7, 11) is -4.04. The number of carboxylic acids is 1. The van der Waals surface area contributed by atoms with Crippen molar-refractivity contribution in [1.29, 1.82) is 5.26 Å². The van der Waals surface area contributed by atoms with E-state index in [0.717, 1.165) is 62.8 Å². The summed E-state index contributed by atoms with van der Waals surface area (Å²) in [4.78, 5) is 76.4. The molecule has 14 rings (SSSR count). The zero-order valence-electron chi connectivity index (χ0n) is 71.8. The topological polar surface area (TPSA) is 395 Å². The smallest absolute Gasteiger partial charge is 0.855 e. The quantitative estimate of drug-likeness (QED) is 0.00452. The summed E-state index contributed by atoms with van der Waals surface area (Å²) < 4.78 is 112. The summed E-state index contributed by atoms with van der Waals surface area (Å²) in [6.45, 7) is 13.4. The Morgan fingerprint density at radius 3 is 1.19 bits per heavy atom. The number of benzene rings is 7. The van der Waals surface area contributed by atoms with Crippen molar-refractivity contribution < 1.29 is 143 Å². The molecule has 0 saturated carbocycles. The van der Waals surface area contributed by atoms with Gasteiger partial charge in [0.05, 0.1) is 41.1 Å². The van der Waals surface area contributed by atoms with Crippen LogP contribution < -0.4 is 75.2 Å². The Balaban J connectivity index is 0.000000514. The Bertz CT molecular complexity index is 5970. The molecule has 6 N–H and O–H groups in total. The Labute approximate surface area is 808 Å². The van der Waals surface area contributed by atoms with Crippen LogP contribution in [0.4, 0.5) is 26.3 Å². The number of hydrogen-bond acceptors (Lipinski definition) is 23. The second-order valence-corrected chi connectivity index (χ2v) is 27.4. The number of ether oxygens (including phenoxy) is 1. The SMILES string of the molecule is CC(=O)[O-].CCOC(=O)c1ccncc1.CC[O-].CCl.Cc1ccc(S(=O)(=O)O/N=C(\Cc2ccc(F)cc2)c2ccncc2)cc1.Fc1ccc(-c2[nH]c(=S)[nH]c2-c2ccncc2)cc1.N#CC(C(=O)c1ccncc1)c1ccc(F)cc1.NO.O/N=C(\Cc1ccc(F)cc1)c1ccncc1.O=C(Cc1ccc(F)cc1)c1ccncc1.[C-]#[N+]Cc1ccc(F)cc1.[Na+].[Na+]. The van der Waals surface area contributed by atoms with Crippen molar-refractivity contribution in [2.45, 2.75) is 64.3 Å². The van der Waals surface area contributed by atoms with Crippen molar-refractivity contribution >= 4 is 68.9 Å². The molecule has 1 unspecified atom stereocenters. The maximum Gasteiger partial charge on any atom is 1.00 e. The summed E-state index contributed by atoms with van der Waals surface area (Å²) in [6, 6.07) is 64.2. The summed E-state index contributed by atoms with van der Waals surface area (Å²) in [5.41, 5.74) is 12.3. The number of pyridine rings is 6. The van der Waals surface area contributed by atoms with Crippen LogP contribution in [0.2, 0.25) is 0 Å². The van der Waals surface area contributed by atoms with Gasteiger partial charge in [-0.05, 0) is 237 Å². The van der Waals surface area contributed by atoms with Crippen LogP contribution in [0.1, 0.15) is 102 Å². The fraction of sp³-hybridized carbons (Fsp3) is 0.126. The first-order valence-electron chi connectivity index (χ1n) is 38.1. The van der Waals surface area contributed by atoms with Crippen LogP contribution in [0.3, 0.4) is 0 Å². The van der Waals surface area contributed by atoms with Crippen LogP contribution >= 0.6 is 23.8 Å². The van der Waals surface area contributed by atoms with E-state index in [1.54, 1.807) is 209 Å². The fourth-order valence-electron chi connectivity index (χ4n) is 10.3. The van der Waals surface area contributed by atoms with Gasteiger partial charge in [0.15, 0.2) is 16.3 Å². The van der Waals surface area contributed by atoms with E-state index in [1.165, 1.54) is 116 Å². The summed E-state index contributed by atoms with van der Waals surface area (Å²) >= 11 is 9.78. The molecule has 0 spiro atoms. The summed E-state index contributed by atoms with van der Waals surface area (Å²) in [5.74, 6) is -0.938. The molecule has 0 aliphatic carbocycles. The average molecular weight is 1860 g/mol. The van der Waals surface area contributed by atoms with Crippen molar-refractivity contribution in [3.63, 3.8) is 0 Å². The number of H-pyrrole nitrogens is 2. The number of nitriles is 1. The van der Waals surface area contributed by atoms with Crippen LogP contribution in [0, 0.1) is 64.5 Å². The number of aromatic nitrogens is 8. The number of nitrogens with two attached hydrogens (primary N) is 1. The van der Waals surface area contributed by atoms with Gasteiger partial charge in [-0.1, -0.05) is 83.5 Å². The second kappa shape index (κ2) is 65.3. The number of aliphatic carboxylic acids is 1. The van der Waals surface area contributed by atoms with E-state index in [0.29, 0.717) is 63.6 Å². The zero-order chi connectivity index (χ0) is 94.7. The molecule has 666 valence electrons. The number of aromatic amines is 2. The molecule has 36 heteroatoms. The van der Waals surface area contributed by atoms with E-state index in [2.05, 4.69) is 72.5 Å². The molecule has 0 bridgehead atoms. The third-order valence-corrected chi connectivity index (χ3v) is 17.6. The number of imidazole rings is 1. The van der Waals surface area contributed by atoms with E-state index in [1.807, 2.05) is 25.1 Å². The number of esters is 1. The van der Waals surface area contributed by atoms with Gasteiger partial charge in [0.1, 0.15) is 45.7 Å². The molecule has 0 amide bonds. The summed E-state index contributed by atoms with van der Waals surface area (Å²) in [6.07, 6.45) is 21.6. The predicted molar refractivity (Wildman–Crippen MR) is 475 cm³/mol. The number of carbonyl (C=O) groups excluding carboxylic acids is 4. The third-order valence-electron chi connectivity index (χ3n) is 16.3. The number of hydrogen-bond donors (Lipinski definition) is 5. The number of alkyl halides is 1. The van der Waals surface area contributed by atoms with Gasteiger partial charge < -0.3 is 45.0 Å². The third kappa shape index (κ3) is 44.1. The maximum absolute atomic E-state index is 13.1. The minimum atomic E-state index is -4.04. The van der Waals surface area contributed by atoms with Gasteiger partial charge in [0.2, 0.25) is 6.54 Å². The Morgan fingerprint density at radius 1 is 0.511 bits per heavy atom. The van der Waals surface area contributed by atoms with Gasteiger partial charge in [0, 0.05) is 145 Å². The van der Waals surface area contributed by atoms with Gasteiger partial charge in [-0.25, -0.2) is 43.6 Å². The van der Waals surface area contributed by atoms with Gasteiger partial charge in [0.25, 0.3) is 0 Å². The molecular weight excluding hydrogens is 1770 g/mol. The van der Waals surface area contributed by atoms with Gasteiger partial charge in [-0.3, -0.25) is 43.8 Å². The zero-order valence-corrected chi connectivity index (χ0v) is 78.2. The molecule has 25 nitrogen and oxygen atoms in total. The number of nitrogens with one attached hydrogen (secondary N) is 2. The van der Waals surface area contributed by atoms with E-state index in [4.69, 9.17) is 58.5 Å². The number of halogens is 7. The summed E-state index contributed by atoms with van der Waals surface area (Å²) in [5, 5.41) is 49.6. The number of nitrogens with zero attached hydrogens (tertiary/aromatic N) is 10. The molecule has 131 heavy (non-hydrogen) atoms. The number of carbonyl (C=O) groups is 4. The van der Waals surface area contributed by atoms with Crippen LogP contribution in [-0.2, 0) is 49.7 Å². The van der Waals surface area contributed by atoms with Crippen molar-refractivity contribution in [1.82, 2.24) is 39.9 Å². The molecule has 14 aromatic rings. The average Bonchev–Trinajstić information content (AvgIpc) is 1.68. The van der Waals surface area contributed by atoms with Crippen molar-refractivity contribution in [2.24, 2.45) is 16.2 Å². The predicted octanol–water partition coefficient (Wildman–Crippen LogP) is 11.6. The van der Waals surface area contributed by atoms with E-state index >= 15 is 0 Å². The number of ketones is 2. The number of carboxylic acid groups (broad SMARTS) is 1. The molecule has 1 atom stereocenters. The Hall–Kier alpha value is -13.2. The number of rotatable bonds is 20. The Morgan fingerprint density at radius 2 is 0.824 bits per heavy atom. The Kier molecular flexibility index (Phi) is 56.8. The first kappa shape index (κ1) is 114. The molecule has 7 heterocycles. The molecular formula is C95H86ClF6N13Na2O12S2. The maximum atomic E-state index is 13.1. The van der Waals surface area contributed by atoms with Crippen LogP contribution in [0.5, 0.6) is 0 Å². The first-order valence-corrected chi connectivity index (χ1v) is 40.7. The normalized spacial score (nSPS) is 10.2. The molecule has 0 saturated heterocycles. The standard InChI is InChI=1S/C20H17FN2O3S.C14H10FN3S.C14H9FN2O.C13H11FN2O.C13H10FNO.C8H6FN.C8H9NO2.C2H4O2.C2H5O.CH3Cl.H3NO.2Na/c1-15-2-8-19(9-3-15)27(24,25)26-23-20(17-10-12-22-13-11-17)14-16-4-6-18(21)7-5-16;15-11-3-1-9(2-4-11)12-13(18-14(19)17-12)10-5-7-16-8-6-10;15-12-3-1-10(2-4-12)13(9-16)14(18)11-5-7-17-8-6-11;14-12-3-1-10(2-4-12)9-13(16-17)11-5-7-15-8-6-11;14-12-3-1-10(2-4-12)9-13(16)11-5-7-15-8-6-11;1-10-6-7-2-4-8(9)5-3-7;1-2-11-8(10)7-3-5-9-6-4-7;1-2(3)4;1-2-3;2*1-2;;/h2-13H,14H2,1H3;1-8H,(H2,17,18,19);1-8,13H;1-8,17H,9H2;1-8H,9H2;2-5H,6H2;3-6H,2H2,1H3;1H3,(H,3,4);2H2,1H3;1H3;2H,1H2;;/q;;;;;;;;-1;;;2*+1/p-1/b23-20+;;;16-13+;;;;;;;;;. The van der Waals surface area contributed by atoms with Crippen LogP contribution in [0.25, 0.3) is 27.4 Å². The minimum Gasteiger partial charge on any atom is -0.855 e. The van der Waals surface area contributed by atoms with E-state index < -0.39 is 27.8 Å². The fourth-order valence-corrected chi connectivity index (χ4v) is 11.2. The van der Waals surface area contributed by atoms with E-state index in [-0.39, 0.29) is 130 Å². The van der Waals surface area contributed by atoms with E-state index in [9.17, 15) is 49.1 Å². The minimum absolute atomic E-state index is 0. The molecule has 0 aliphatic rings. The number of aryl methyl sites for hydroxylation is 1. The van der Waals surface area contributed by atoms with Crippen molar-refractivity contribution in [3.8, 4) is 28.6 Å². The van der Waals surface area contributed by atoms with Gasteiger partial charge in [-0.15, -0.1) is 18.2 Å². The molecule has 0 fully saturated rings. The molecule has 7 aromatic heterocycles. The molecule has 0 aliphatic heterocycles. The van der Waals surface area contributed by atoms with Gasteiger partial charge >= 0.3 is 75.2 Å². The second-order valence-electron chi connectivity index (χ2n) is 25.4. The first-order chi connectivity index (χ1) is 62.3. The molecule has 7 aromatic carbocycles. The van der Waals surface area contributed by atoms with Crippen molar-refractivity contribution in [3.05, 3.63) is 429 Å². The molecule has 0 radical (unpaired) electrons. The van der Waals surface area contributed by atoms with Crippen LogP contribution in [-0.4, -0.2) is 113 Å². The largest absolute Gasteiger partial charge is 1.00 e. The number of Topliss-reactive ketones (excluding diaryl/α,β-unsaturated/α-hetero) is 2. The van der Waals surface area contributed by atoms with Gasteiger partial charge in [-0.2, -0.15) is 13.7 Å². The number of oxime groups is 2. The van der Waals surface area contributed by atoms with Crippen molar-refractivity contribution in [2.75, 3.05) is 19.6 Å². The monoisotopic (exact) mass is 1860 g/mol.